The van der Waals surface area contributed by atoms with Crippen molar-refractivity contribution in [3.8, 4) is 5.75 Å². The van der Waals surface area contributed by atoms with E-state index in [0.29, 0.717) is 22.7 Å². The highest BCUT2D eigenvalue weighted by Crippen LogP contribution is 2.36. The number of imide groups is 1. The van der Waals surface area contributed by atoms with Gasteiger partial charge in [0.1, 0.15) is 17.3 Å². The predicted molar refractivity (Wildman–Crippen MR) is 114 cm³/mol. The van der Waals surface area contributed by atoms with Gasteiger partial charge < -0.3 is 10.1 Å². The van der Waals surface area contributed by atoms with Crippen LogP contribution in [0.25, 0.3) is 5.57 Å². The SMILES string of the molecule is COc1ccccc1NC1=C(c2ccc(F)cc2)C(=O)N(c2ccccc2C)C1=O. The Kier molecular flexibility index (Phi) is 5.06. The maximum Gasteiger partial charge on any atom is 0.282 e. The lowest BCUT2D eigenvalue weighted by Crippen LogP contribution is -2.33. The molecular weight excluding hydrogens is 383 g/mol. The number of hydrogen-bond acceptors (Lipinski definition) is 4. The standard InChI is InChI=1S/C24H19FN2O3/c1-15-7-3-5-9-19(15)27-23(28)21(16-11-13-17(25)14-12-16)22(24(27)29)26-18-8-4-6-10-20(18)30-2/h3-14,26H,1-2H3. The first-order valence-corrected chi connectivity index (χ1v) is 9.36. The van der Waals surface area contributed by atoms with Gasteiger partial charge in [-0.2, -0.15) is 0 Å². The molecule has 6 heteroatoms. The van der Waals surface area contributed by atoms with Gasteiger partial charge in [-0.05, 0) is 48.4 Å². The van der Waals surface area contributed by atoms with Crippen molar-refractivity contribution in [3.63, 3.8) is 0 Å². The molecule has 30 heavy (non-hydrogen) atoms. The molecule has 0 fully saturated rings. The largest absolute Gasteiger partial charge is 0.495 e. The zero-order valence-electron chi connectivity index (χ0n) is 16.5. The van der Waals surface area contributed by atoms with Crippen molar-refractivity contribution in [2.24, 2.45) is 0 Å². The number of aryl methyl sites for hydroxylation is 1. The van der Waals surface area contributed by atoms with Crippen LogP contribution >= 0.6 is 0 Å². The number of anilines is 2. The first-order valence-electron chi connectivity index (χ1n) is 9.36. The van der Waals surface area contributed by atoms with Crippen LogP contribution in [0.4, 0.5) is 15.8 Å². The lowest BCUT2D eigenvalue weighted by molar-refractivity contribution is -0.120. The topological polar surface area (TPSA) is 58.6 Å². The molecule has 0 bridgehead atoms. The second-order valence-electron chi connectivity index (χ2n) is 6.81. The van der Waals surface area contributed by atoms with Crippen LogP contribution in [0.15, 0.2) is 78.5 Å². The lowest BCUT2D eigenvalue weighted by Gasteiger charge is -2.18. The number of amides is 2. The van der Waals surface area contributed by atoms with E-state index in [2.05, 4.69) is 5.32 Å². The minimum Gasteiger partial charge on any atom is -0.495 e. The molecule has 4 rings (SSSR count). The summed E-state index contributed by atoms with van der Waals surface area (Å²) in [5.41, 5.74) is 2.57. The summed E-state index contributed by atoms with van der Waals surface area (Å²) in [5.74, 6) is -0.859. The molecule has 150 valence electrons. The monoisotopic (exact) mass is 402 g/mol. The van der Waals surface area contributed by atoms with Crippen molar-refractivity contribution in [2.45, 2.75) is 6.92 Å². The van der Waals surface area contributed by atoms with E-state index in [-0.39, 0.29) is 11.3 Å². The first-order chi connectivity index (χ1) is 14.5. The van der Waals surface area contributed by atoms with Crippen LogP contribution in [-0.2, 0) is 9.59 Å². The molecular formula is C24H19FN2O3. The first kappa shape index (κ1) is 19.4. The molecule has 3 aromatic carbocycles. The van der Waals surface area contributed by atoms with Crippen molar-refractivity contribution in [1.29, 1.82) is 0 Å². The third-order valence-electron chi connectivity index (χ3n) is 4.94. The highest BCUT2D eigenvalue weighted by Gasteiger charge is 2.41. The second kappa shape index (κ2) is 7.83. The summed E-state index contributed by atoms with van der Waals surface area (Å²) >= 11 is 0. The van der Waals surface area contributed by atoms with Crippen molar-refractivity contribution < 1.29 is 18.7 Å². The number of halogens is 1. The Hall–Kier alpha value is -3.93. The van der Waals surface area contributed by atoms with Gasteiger partial charge in [0.2, 0.25) is 0 Å². The minimum absolute atomic E-state index is 0.111. The molecule has 0 aromatic heterocycles. The number of para-hydroxylation sites is 3. The molecule has 1 heterocycles. The molecule has 0 spiro atoms. The lowest BCUT2D eigenvalue weighted by atomic mass is 10.0. The van der Waals surface area contributed by atoms with Crippen molar-refractivity contribution in [3.05, 3.63) is 95.4 Å². The van der Waals surface area contributed by atoms with Gasteiger partial charge >= 0.3 is 0 Å². The van der Waals surface area contributed by atoms with Crippen molar-refractivity contribution in [1.82, 2.24) is 0 Å². The quantitative estimate of drug-likeness (QED) is 0.637. The number of carbonyl (C=O) groups excluding carboxylic acids is 2. The maximum atomic E-state index is 13.5. The van der Waals surface area contributed by atoms with E-state index in [1.54, 1.807) is 36.4 Å². The molecule has 5 nitrogen and oxygen atoms in total. The highest BCUT2D eigenvalue weighted by atomic mass is 19.1. The van der Waals surface area contributed by atoms with E-state index >= 15 is 0 Å². The van der Waals surface area contributed by atoms with Crippen LogP contribution < -0.4 is 15.0 Å². The molecule has 2 amide bonds. The van der Waals surface area contributed by atoms with E-state index in [9.17, 15) is 14.0 Å². The molecule has 0 aliphatic carbocycles. The van der Waals surface area contributed by atoms with Gasteiger partial charge in [0.25, 0.3) is 11.8 Å². The number of nitrogens with zero attached hydrogens (tertiary/aromatic N) is 1. The number of benzene rings is 3. The van der Waals surface area contributed by atoms with E-state index in [4.69, 9.17) is 4.74 Å². The number of methoxy groups -OCH3 is 1. The van der Waals surface area contributed by atoms with Gasteiger partial charge in [-0.3, -0.25) is 9.59 Å². The molecule has 1 aliphatic heterocycles. The summed E-state index contributed by atoms with van der Waals surface area (Å²) in [6, 6.07) is 19.8. The average molecular weight is 402 g/mol. The van der Waals surface area contributed by atoms with Crippen LogP contribution in [0.3, 0.4) is 0 Å². The Bertz CT molecular complexity index is 1170. The van der Waals surface area contributed by atoms with Crippen LogP contribution in [0.5, 0.6) is 5.75 Å². The zero-order chi connectivity index (χ0) is 21.3. The summed E-state index contributed by atoms with van der Waals surface area (Å²) in [4.78, 5) is 27.9. The smallest absolute Gasteiger partial charge is 0.282 e. The van der Waals surface area contributed by atoms with E-state index < -0.39 is 17.6 Å². The Labute approximate surface area is 173 Å². The number of rotatable bonds is 5. The fourth-order valence-electron chi connectivity index (χ4n) is 3.45. The number of hydrogen-bond donors (Lipinski definition) is 1. The van der Waals surface area contributed by atoms with E-state index in [1.807, 2.05) is 19.1 Å². The number of carbonyl (C=O) groups is 2. The Morgan fingerprint density at radius 3 is 2.23 bits per heavy atom. The number of nitrogens with one attached hydrogen (secondary N) is 1. The zero-order valence-corrected chi connectivity index (χ0v) is 16.5. The predicted octanol–water partition coefficient (Wildman–Crippen LogP) is 4.54. The Balaban J connectivity index is 1.86. The third-order valence-corrected chi connectivity index (χ3v) is 4.94. The molecule has 0 radical (unpaired) electrons. The average Bonchev–Trinajstić information content (AvgIpc) is 2.99. The van der Waals surface area contributed by atoms with Gasteiger partial charge in [-0.25, -0.2) is 9.29 Å². The summed E-state index contributed by atoms with van der Waals surface area (Å²) in [6.45, 7) is 1.83. The van der Waals surface area contributed by atoms with Gasteiger partial charge in [0.05, 0.1) is 24.1 Å². The third kappa shape index (κ3) is 3.33. The molecule has 0 unspecified atom stereocenters. The summed E-state index contributed by atoms with van der Waals surface area (Å²) in [7, 11) is 1.52. The minimum atomic E-state index is -0.487. The molecule has 0 saturated heterocycles. The number of ether oxygens (including phenoxy) is 1. The van der Waals surface area contributed by atoms with E-state index in [0.717, 1.165) is 10.5 Å². The molecule has 0 atom stereocenters. The van der Waals surface area contributed by atoms with Crippen LogP contribution in [0.2, 0.25) is 0 Å². The van der Waals surface area contributed by atoms with Crippen LogP contribution in [-0.4, -0.2) is 18.9 Å². The fourth-order valence-corrected chi connectivity index (χ4v) is 3.45. The molecule has 3 aromatic rings. The normalized spacial score (nSPS) is 13.8. The second-order valence-corrected chi connectivity index (χ2v) is 6.81. The van der Waals surface area contributed by atoms with Crippen molar-refractivity contribution >= 4 is 28.8 Å². The molecule has 1 aliphatic rings. The van der Waals surface area contributed by atoms with Gasteiger partial charge in [-0.15, -0.1) is 0 Å². The fraction of sp³-hybridized carbons (Fsp3) is 0.0833. The van der Waals surface area contributed by atoms with Gasteiger partial charge in [-0.1, -0.05) is 42.5 Å². The summed E-state index contributed by atoms with van der Waals surface area (Å²) in [5, 5.41) is 3.07. The molecule has 0 saturated carbocycles. The maximum absolute atomic E-state index is 13.5. The summed E-state index contributed by atoms with van der Waals surface area (Å²) < 4.78 is 18.8. The Morgan fingerprint density at radius 1 is 0.867 bits per heavy atom. The van der Waals surface area contributed by atoms with Crippen LogP contribution in [0, 0.1) is 12.7 Å². The van der Waals surface area contributed by atoms with Gasteiger partial charge in [0, 0.05) is 0 Å². The molecule has 1 N–H and O–H groups in total. The van der Waals surface area contributed by atoms with Gasteiger partial charge in [0.15, 0.2) is 0 Å². The highest BCUT2D eigenvalue weighted by molar-refractivity contribution is 6.46. The summed E-state index contributed by atoms with van der Waals surface area (Å²) in [6.07, 6.45) is 0. The Morgan fingerprint density at radius 2 is 1.53 bits per heavy atom. The van der Waals surface area contributed by atoms with E-state index in [1.165, 1.54) is 31.4 Å². The van der Waals surface area contributed by atoms with Crippen molar-refractivity contribution in [2.75, 3.05) is 17.3 Å². The van der Waals surface area contributed by atoms with Crippen LogP contribution in [0.1, 0.15) is 11.1 Å².